The molecule has 2 nitrogen and oxygen atoms in total. The molecule has 0 aliphatic carbocycles. The van der Waals surface area contributed by atoms with E-state index in [0.717, 1.165) is 18.1 Å². The van der Waals surface area contributed by atoms with E-state index in [9.17, 15) is 0 Å². The standard InChI is InChI=1S/C17H27ClN2S/c1-12(2)20(13(3)4)9-8-19-16-7-10-21-17-6-5-14(18)11-15(16)17/h5-6,11-13,16,19H,7-10H2,1-4H3. The summed E-state index contributed by atoms with van der Waals surface area (Å²) in [6.45, 7) is 11.2. The van der Waals surface area contributed by atoms with Gasteiger partial charge in [0.05, 0.1) is 0 Å². The first kappa shape index (κ1) is 17.1. The smallest absolute Gasteiger partial charge is 0.0410 e. The molecule has 1 aromatic carbocycles. The molecule has 1 heterocycles. The van der Waals surface area contributed by atoms with Gasteiger partial charge in [0.15, 0.2) is 0 Å². The molecule has 1 aromatic rings. The van der Waals surface area contributed by atoms with Gasteiger partial charge in [-0.3, -0.25) is 4.90 Å². The van der Waals surface area contributed by atoms with Crippen LogP contribution in [0.3, 0.4) is 0 Å². The molecule has 1 aliphatic rings. The molecule has 1 atom stereocenters. The summed E-state index contributed by atoms with van der Waals surface area (Å²) in [6.07, 6.45) is 1.18. The number of benzene rings is 1. The first-order chi connectivity index (χ1) is 9.99. The zero-order valence-corrected chi connectivity index (χ0v) is 15.1. The van der Waals surface area contributed by atoms with Gasteiger partial charge in [-0.1, -0.05) is 11.6 Å². The summed E-state index contributed by atoms with van der Waals surface area (Å²) >= 11 is 8.11. The van der Waals surface area contributed by atoms with Crippen LogP contribution < -0.4 is 5.32 Å². The average Bonchev–Trinajstić information content (AvgIpc) is 2.42. The highest BCUT2D eigenvalue weighted by molar-refractivity contribution is 7.99. The third kappa shape index (κ3) is 4.62. The molecule has 0 aromatic heterocycles. The summed E-state index contributed by atoms with van der Waals surface area (Å²) in [7, 11) is 0. The van der Waals surface area contributed by atoms with Crippen LogP contribution in [0.15, 0.2) is 23.1 Å². The summed E-state index contributed by atoms with van der Waals surface area (Å²) in [5.74, 6) is 1.18. The zero-order valence-electron chi connectivity index (χ0n) is 13.5. The van der Waals surface area contributed by atoms with Gasteiger partial charge in [0.25, 0.3) is 0 Å². The predicted molar refractivity (Wildman–Crippen MR) is 94.5 cm³/mol. The van der Waals surface area contributed by atoms with E-state index in [2.05, 4.69) is 50.0 Å². The van der Waals surface area contributed by atoms with Gasteiger partial charge in [-0.05, 0) is 63.6 Å². The molecule has 118 valence electrons. The van der Waals surface area contributed by atoms with Gasteiger partial charge >= 0.3 is 0 Å². The quantitative estimate of drug-likeness (QED) is 0.823. The van der Waals surface area contributed by atoms with Crippen molar-refractivity contribution in [3.8, 4) is 0 Å². The van der Waals surface area contributed by atoms with Crippen molar-refractivity contribution in [1.82, 2.24) is 10.2 Å². The van der Waals surface area contributed by atoms with E-state index in [1.165, 1.54) is 22.6 Å². The van der Waals surface area contributed by atoms with Crippen LogP contribution in [0.2, 0.25) is 5.02 Å². The monoisotopic (exact) mass is 326 g/mol. The molecule has 1 unspecified atom stereocenters. The predicted octanol–water partition coefficient (Wildman–Crippen LogP) is 4.59. The van der Waals surface area contributed by atoms with Crippen LogP contribution in [0, 0.1) is 0 Å². The lowest BCUT2D eigenvalue weighted by molar-refractivity contribution is 0.173. The molecule has 0 saturated heterocycles. The van der Waals surface area contributed by atoms with Crippen molar-refractivity contribution in [2.24, 2.45) is 0 Å². The Bertz CT molecular complexity index is 454. The number of fused-ring (bicyclic) bond motifs is 1. The Morgan fingerprint density at radius 2 is 2.00 bits per heavy atom. The Morgan fingerprint density at radius 1 is 1.29 bits per heavy atom. The second-order valence-electron chi connectivity index (χ2n) is 6.25. The molecule has 0 radical (unpaired) electrons. The van der Waals surface area contributed by atoms with E-state index in [-0.39, 0.29) is 0 Å². The largest absolute Gasteiger partial charge is 0.309 e. The first-order valence-corrected chi connectivity index (χ1v) is 9.26. The maximum atomic E-state index is 6.16. The number of nitrogens with zero attached hydrogens (tertiary/aromatic N) is 1. The number of rotatable bonds is 6. The first-order valence-electron chi connectivity index (χ1n) is 7.90. The highest BCUT2D eigenvalue weighted by Crippen LogP contribution is 2.37. The molecule has 1 N–H and O–H groups in total. The van der Waals surface area contributed by atoms with Crippen LogP contribution >= 0.6 is 23.4 Å². The summed E-state index contributed by atoms with van der Waals surface area (Å²) in [5, 5.41) is 4.57. The van der Waals surface area contributed by atoms with Crippen molar-refractivity contribution in [1.29, 1.82) is 0 Å². The summed E-state index contributed by atoms with van der Waals surface area (Å²) in [4.78, 5) is 3.91. The third-order valence-corrected chi connectivity index (χ3v) is 5.46. The average molecular weight is 327 g/mol. The van der Waals surface area contributed by atoms with Crippen LogP contribution in [-0.4, -0.2) is 35.8 Å². The summed E-state index contributed by atoms with van der Waals surface area (Å²) < 4.78 is 0. The molecule has 0 spiro atoms. The minimum absolute atomic E-state index is 0.445. The SMILES string of the molecule is CC(C)N(CCNC1CCSc2ccc(Cl)cc21)C(C)C. The molecular weight excluding hydrogens is 300 g/mol. The molecule has 0 bridgehead atoms. The fourth-order valence-electron chi connectivity index (χ4n) is 3.06. The van der Waals surface area contributed by atoms with Gasteiger partial charge in [0.2, 0.25) is 0 Å². The second kappa shape index (κ2) is 7.87. The highest BCUT2D eigenvalue weighted by atomic mass is 35.5. The molecule has 0 amide bonds. The number of hydrogen-bond donors (Lipinski definition) is 1. The maximum Gasteiger partial charge on any atom is 0.0410 e. The fourth-order valence-corrected chi connectivity index (χ4v) is 4.34. The van der Waals surface area contributed by atoms with Crippen LogP contribution in [0.25, 0.3) is 0 Å². The van der Waals surface area contributed by atoms with Crippen molar-refractivity contribution < 1.29 is 0 Å². The minimum Gasteiger partial charge on any atom is -0.309 e. The van der Waals surface area contributed by atoms with Gasteiger partial charge in [0.1, 0.15) is 0 Å². The molecule has 0 fully saturated rings. The maximum absolute atomic E-state index is 6.16. The Morgan fingerprint density at radius 3 is 2.67 bits per heavy atom. The van der Waals surface area contributed by atoms with Crippen LogP contribution in [0.4, 0.5) is 0 Å². The van der Waals surface area contributed by atoms with Gasteiger partial charge in [-0.2, -0.15) is 0 Å². The lowest BCUT2D eigenvalue weighted by Gasteiger charge is -2.32. The molecule has 2 rings (SSSR count). The minimum atomic E-state index is 0.445. The van der Waals surface area contributed by atoms with Crippen molar-refractivity contribution >= 4 is 23.4 Å². The number of hydrogen-bond acceptors (Lipinski definition) is 3. The third-order valence-electron chi connectivity index (χ3n) is 4.10. The second-order valence-corrected chi connectivity index (χ2v) is 7.82. The van der Waals surface area contributed by atoms with E-state index in [1.54, 1.807) is 0 Å². The van der Waals surface area contributed by atoms with Crippen molar-refractivity contribution in [2.75, 3.05) is 18.8 Å². The van der Waals surface area contributed by atoms with Crippen molar-refractivity contribution in [2.45, 2.75) is 57.1 Å². The molecular formula is C17H27ClN2S. The van der Waals surface area contributed by atoms with Gasteiger partial charge in [-0.25, -0.2) is 0 Å². The Balaban J connectivity index is 1.94. The number of nitrogens with one attached hydrogen (secondary N) is 1. The Kier molecular flexibility index (Phi) is 6.42. The van der Waals surface area contributed by atoms with E-state index >= 15 is 0 Å². The van der Waals surface area contributed by atoms with E-state index in [1.807, 2.05) is 17.8 Å². The lowest BCUT2D eigenvalue weighted by Crippen LogP contribution is -2.42. The van der Waals surface area contributed by atoms with Gasteiger partial charge in [-0.15, -0.1) is 11.8 Å². The van der Waals surface area contributed by atoms with Gasteiger partial charge in [0, 0.05) is 41.1 Å². The van der Waals surface area contributed by atoms with Crippen LogP contribution in [0.5, 0.6) is 0 Å². The normalized spacial score (nSPS) is 18.6. The molecule has 21 heavy (non-hydrogen) atoms. The number of thioether (sulfide) groups is 1. The van der Waals surface area contributed by atoms with Crippen molar-refractivity contribution in [3.05, 3.63) is 28.8 Å². The summed E-state index contributed by atoms with van der Waals surface area (Å²) in [6, 6.07) is 7.91. The lowest BCUT2D eigenvalue weighted by atomic mass is 10.0. The molecule has 0 saturated carbocycles. The molecule has 1 aliphatic heterocycles. The zero-order chi connectivity index (χ0) is 15.4. The number of halogens is 1. The highest BCUT2D eigenvalue weighted by Gasteiger charge is 2.21. The molecule has 4 heteroatoms. The van der Waals surface area contributed by atoms with Crippen LogP contribution in [-0.2, 0) is 0 Å². The summed E-state index contributed by atoms with van der Waals surface area (Å²) in [5.41, 5.74) is 1.37. The van der Waals surface area contributed by atoms with E-state index < -0.39 is 0 Å². The fraction of sp³-hybridized carbons (Fsp3) is 0.647. The Hall–Kier alpha value is -0.220. The van der Waals surface area contributed by atoms with E-state index in [4.69, 9.17) is 11.6 Å². The van der Waals surface area contributed by atoms with Gasteiger partial charge < -0.3 is 5.32 Å². The van der Waals surface area contributed by atoms with E-state index in [0.29, 0.717) is 18.1 Å². The van der Waals surface area contributed by atoms with Crippen LogP contribution in [0.1, 0.15) is 45.7 Å². The topological polar surface area (TPSA) is 15.3 Å². The Labute approximate surface area is 138 Å². The van der Waals surface area contributed by atoms with Crippen molar-refractivity contribution in [3.63, 3.8) is 0 Å².